The molecular formula is C26H17N3O5. The second-order valence-corrected chi connectivity index (χ2v) is 7.76. The van der Waals surface area contributed by atoms with Gasteiger partial charge in [0.25, 0.3) is 17.4 Å². The predicted molar refractivity (Wildman–Crippen MR) is 126 cm³/mol. The number of nitro benzene ring substituents is 1. The van der Waals surface area contributed by atoms with Gasteiger partial charge in [-0.05, 0) is 23.1 Å². The summed E-state index contributed by atoms with van der Waals surface area (Å²) in [7, 11) is 0. The zero-order chi connectivity index (χ0) is 23.8. The molecule has 1 aromatic heterocycles. The summed E-state index contributed by atoms with van der Waals surface area (Å²) < 4.78 is 0. The van der Waals surface area contributed by atoms with Crippen LogP contribution in [0.1, 0.15) is 17.2 Å². The highest BCUT2D eigenvalue weighted by Gasteiger charge is 2.47. The number of rotatable bonds is 4. The Balaban J connectivity index is 1.77. The van der Waals surface area contributed by atoms with Crippen LogP contribution in [0.15, 0.2) is 96.8 Å². The second kappa shape index (κ2) is 8.25. The number of anilines is 1. The van der Waals surface area contributed by atoms with Crippen molar-refractivity contribution in [3.05, 3.63) is 118 Å². The van der Waals surface area contributed by atoms with Crippen molar-refractivity contribution in [3.8, 4) is 0 Å². The number of hydrogen-bond donors (Lipinski definition) is 1. The van der Waals surface area contributed by atoms with Crippen molar-refractivity contribution in [2.45, 2.75) is 6.04 Å². The molecule has 1 fully saturated rings. The summed E-state index contributed by atoms with van der Waals surface area (Å²) in [6.07, 6.45) is 3.09. The highest BCUT2D eigenvalue weighted by molar-refractivity contribution is 6.52. The lowest BCUT2D eigenvalue weighted by atomic mass is 9.95. The predicted octanol–water partition coefficient (Wildman–Crippen LogP) is 4.77. The minimum Gasteiger partial charge on any atom is -0.507 e. The van der Waals surface area contributed by atoms with Gasteiger partial charge in [-0.2, -0.15) is 0 Å². The van der Waals surface area contributed by atoms with Crippen LogP contribution in [0.25, 0.3) is 16.5 Å². The van der Waals surface area contributed by atoms with Crippen LogP contribution in [0.2, 0.25) is 0 Å². The molecule has 1 aliphatic heterocycles. The van der Waals surface area contributed by atoms with E-state index in [1.807, 2.05) is 30.3 Å². The molecule has 8 nitrogen and oxygen atoms in total. The summed E-state index contributed by atoms with van der Waals surface area (Å²) >= 11 is 0. The largest absolute Gasteiger partial charge is 0.507 e. The first kappa shape index (κ1) is 21.0. The molecule has 5 rings (SSSR count). The fourth-order valence-corrected chi connectivity index (χ4v) is 4.27. The molecule has 1 amide bonds. The number of carbonyl (C=O) groups is 2. The van der Waals surface area contributed by atoms with Gasteiger partial charge in [-0.15, -0.1) is 0 Å². The monoisotopic (exact) mass is 451 g/mol. The number of aliphatic hydroxyl groups is 1. The van der Waals surface area contributed by atoms with Gasteiger partial charge in [0.15, 0.2) is 0 Å². The average Bonchev–Trinajstić information content (AvgIpc) is 3.14. The number of amides is 1. The Bertz CT molecular complexity index is 1490. The maximum Gasteiger partial charge on any atom is 0.300 e. The molecule has 0 spiro atoms. The molecule has 166 valence electrons. The summed E-state index contributed by atoms with van der Waals surface area (Å²) in [6.45, 7) is 0. The Kier molecular flexibility index (Phi) is 5.10. The molecule has 0 radical (unpaired) electrons. The summed E-state index contributed by atoms with van der Waals surface area (Å²) in [5.74, 6) is -2.18. The molecule has 1 saturated heterocycles. The van der Waals surface area contributed by atoms with Crippen LogP contribution in [0.3, 0.4) is 0 Å². The molecule has 0 bridgehead atoms. The number of non-ortho nitro benzene ring substituents is 1. The van der Waals surface area contributed by atoms with Crippen molar-refractivity contribution in [1.29, 1.82) is 0 Å². The first-order valence-corrected chi connectivity index (χ1v) is 10.4. The normalized spacial score (nSPS) is 17.3. The number of fused-ring (bicyclic) bond motifs is 1. The Morgan fingerprint density at radius 2 is 1.74 bits per heavy atom. The van der Waals surface area contributed by atoms with Gasteiger partial charge in [-0.3, -0.25) is 29.6 Å². The zero-order valence-electron chi connectivity index (χ0n) is 17.7. The third-order valence-corrected chi connectivity index (χ3v) is 5.80. The lowest BCUT2D eigenvalue weighted by Gasteiger charge is -2.26. The lowest BCUT2D eigenvalue weighted by molar-refractivity contribution is -0.384. The Morgan fingerprint density at radius 3 is 2.50 bits per heavy atom. The van der Waals surface area contributed by atoms with E-state index in [1.165, 1.54) is 35.4 Å². The summed E-state index contributed by atoms with van der Waals surface area (Å²) in [4.78, 5) is 42.8. The van der Waals surface area contributed by atoms with Crippen molar-refractivity contribution >= 4 is 39.6 Å². The lowest BCUT2D eigenvalue weighted by Crippen LogP contribution is -2.29. The third kappa shape index (κ3) is 3.38. The third-order valence-electron chi connectivity index (χ3n) is 5.80. The first-order valence-electron chi connectivity index (χ1n) is 10.4. The minimum atomic E-state index is -0.973. The van der Waals surface area contributed by atoms with E-state index < -0.39 is 28.4 Å². The molecule has 0 saturated carbocycles. The number of hydrogen-bond acceptors (Lipinski definition) is 6. The molecule has 8 heteroatoms. The van der Waals surface area contributed by atoms with Crippen LogP contribution in [-0.2, 0) is 9.59 Å². The number of aromatic nitrogens is 1. The van der Waals surface area contributed by atoms with Crippen LogP contribution in [0, 0.1) is 10.1 Å². The number of ketones is 1. The fourth-order valence-electron chi connectivity index (χ4n) is 4.27. The first-order chi connectivity index (χ1) is 16.5. The Hall–Kier alpha value is -4.85. The average molecular weight is 451 g/mol. The summed E-state index contributed by atoms with van der Waals surface area (Å²) in [5, 5.41) is 24.0. The van der Waals surface area contributed by atoms with Gasteiger partial charge in [-0.1, -0.05) is 54.6 Å². The van der Waals surface area contributed by atoms with Crippen LogP contribution >= 0.6 is 0 Å². The van der Waals surface area contributed by atoms with Gasteiger partial charge in [0, 0.05) is 35.5 Å². The molecule has 3 aromatic carbocycles. The molecular weight excluding hydrogens is 434 g/mol. The van der Waals surface area contributed by atoms with Gasteiger partial charge < -0.3 is 5.11 Å². The maximum atomic E-state index is 13.4. The van der Waals surface area contributed by atoms with Crippen LogP contribution in [-0.4, -0.2) is 26.7 Å². The van der Waals surface area contributed by atoms with E-state index in [-0.39, 0.29) is 16.8 Å². The van der Waals surface area contributed by atoms with E-state index >= 15 is 0 Å². The van der Waals surface area contributed by atoms with E-state index in [9.17, 15) is 24.8 Å². The van der Waals surface area contributed by atoms with Crippen molar-refractivity contribution in [3.63, 3.8) is 0 Å². The van der Waals surface area contributed by atoms with Crippen LogP contribution in [0.4, 0.5) is 11.4 Å². The SMILES string of the molecule is O=C1C(=O)N(c2cccc3ccccc23)C(c2cccnc2)/C1=C(\O)c1cccc([N+](=O)[O-])c1. The zero-order valence-corrected chi connectivity index (χ0v) is 17.7. The standard InChI is InChI=1S/C26H17N3O5/c30-24(17-8-3-10-19(14-17)29(33)34)22-23(18-9-5-13-27-15-18)28(26(32)25(22)31)21-12-4-7-16-6-1-2-11-20(16)21/h1-15,23,30H/b24-22+. The van der Waals surface area contributed by atoms with Gasteiger partial charge in [0.05, 0.1) is 22.2 Å². The Morgan fingerprint density at radius 1 is 0.971 bits per heavy atom. The van der Waals surface area contributed by atoms with E-state index in [1.54, 1.807) is 30.5 Å². The summed E-state index contributed by atoms with van der Waals surface area (Å²) in [5.41, 5.74) is 0.685. The Labute approximate surface area is 193 Å². The molecule has 1 aliphatic rings. The van der Waals surface area contributed by atoms with E-state index in [2.05, 4.69) is 4.98 Å². The smallest absolute Gasteiger partial charge is 0.300 e. The minimum absolute atomic E-state index is 0.0685. The number of aliphatic hydroxyl groups excluding tert-OH is 1. The highest BCUT2D eigenvalue weighted by atomic mass is 16.6. The van der Waals surface area contributed by atoms with Crippen LogP contribution < -0.4 is 4.90 Å². The van der Waals surface area contributed by atoms with E-state index in [4.69, 9.17) is 0 Å². The number of benzene rings is 3. The van der Waals surface area contributed by atoms with Gasteiger partial charge in [0.2, 0.25) is 0 Å². The molecule has 1 N–H and O–H groups in total. The van der Waals surface area contributed by atoms with E-state index in [0.717, 1.165) is 10.8 Å². The van der Waals surface area contributed by atoms with Crippen molar-refractivity contribution in [1.82, 2.24) is 4.98 Å². The van der Waals surface area contributed by atoms with Gasteiger partial charge in [-0.25, -0.2) is 0 Å². The molecule has 4 aromatic rings. The fraction of sp³-hybridized carbons (Fsp3) is 0.0385. The van der Waals surface area contributed by atoms with Crippen molar-refractivity contribution < 1.29 is 19.6 Å². The molecule has 1 unspecified atom stereocenters. The quantitative estimate of drug-likeness (QED) is 0.157. The summed E-state index contributed by atoms with van der Waals surface area (Å²) in [6, 6.07) is 20.6. The number of nitro groups is 1. The van der Waals surface area contributed by atoms with Gasteiger partial charge in [0.1, 0.15) is 5.76 Å². The van der Waals surface area contributed by atoms with Crippen molar-refractivity contribution in [2.24, 2.45) is 0 Å². The second-order valence-electron chi connectivity index (χ2n) is 7.76. The highest BCUT2D eigenvalue weighted by Crippen LogP contribution is 2.44. The topological polar surface area (TPSA) is 114 Å². The maximum absolute atomic E-state index is 13.4. The molecule has 0 aliphatic carbocycles. The van der Waals surface area contributed by atoms with Gasteiger partial charge >= 0.3 is 0 Å². The molecule has 34 heavy (non-hydrogen) atoms. The number of carbonyl (C=O) groups excluding carboxylic acids is 2. The van der Waals surface area contributed by atoms with Crippen molar-refractivity contribution in [2.75, 3.05) is 4.90 Å². The molecule has 1 atom stereocenters. The number of pyridine rings is 1. The van der Waals surface area contributed by atoms with E-state index in [0.29, 0.717) is 11.3 Å². The molecule has 2 heterocycles. The van der Waals surface area contributed by atoms with Crippen LogP contribution in [0.5, 0.6) is 0 Å². The number of Topliss-reactive ketones (excluding diaryl/α,β-unsaturated/α-hetero) is 1. The number of nitrogens with zero attached hydrogens (tertiary/aromatic N) is 3.